The molecule has 0 N–H and O–H groups in total. The molecule has 52 heavy (non-hydrogen) atoms. The normalized spacial score (nSPS) is 13.3. The van der Waals surface area contributed by atoms with Crippen molar-refractivity contribution in [3.8, 4) is 44.5 Å². The molecule has 1 aliphatic rings. The van der Waals surface area contributed by atoms with E-state index in [2.05, 4.69) is 184 Å². The van der Waals surface area contributed by atoms with Gasteiger partial charge in [-0.3, -0.25) is 0 Å². The van der Waals surface area contributed by atoms with Crippen molar-refractivity contribution in [2.75, 3.05) is 0 Å². The highest BCUT2D eigenvalue weighted by Gasteiger charge is 2.35. The number of fused-ring (bicyclic) bond motifs is 9. The second-order valence-corrected chi connectivity index (χ2v) is 15.9. The summed E-state index contributed by atoms with van der Waals surface area (Å²) >= 11 is 1.91. The van der Waals surface area contributed by atoms with Gasteiger partial charge in [0.15, 0.2) is 0 Å². The van der Waals surface area contributed by atoms with Gasteiger partial charge in [0.25, 0.3) is 0 Å². The largest absolute Gasteiger partial charge is 0.135 e. The summed E-state index contributed by atoms with van der Waals surface area (Å²) in [6.45, 7) is 4.72. The molecule has 1 aromatic heterocycles. The topological polar surface area (TPSA) is 0 Å². The molecule has 0 bridgehead atoms. The van der Waals surface area contributed by atoms with Crippen LogP contribution in [0.25, 0.3) is 97.0 Å². The highest BCUT2D eigenvalue weighted by atomic mass is 32.1. The van der Waals surface area contributed by atoms with Gasteiger partial charge in [0.1, 0.15) is 0 Å². The van der Waals surface area contributed by atoms with Gasteiger partial charge in [-0.2, -0.15) is 0 Å². The molecule has 0 radical (unpaired) electrons. The maximum atomic E-state index is 2.47. The third kappa shape index (κ3) is 4.21. The van der Waals surface area contributed by atoms with Gasteiger partial charge in [0.2, 0.25) is 0 Å². The summed E-state index contributed by atoms with van der Waals surface area (Å²) in [7, 11) is 0. The van der Waals surface area contributed by atoms with E-state index in [1.54, 1.807) is 0 Å². The third-order valence-electron chi connectivity index (χ3n) is 11.7. The zero-order valence-electron chi connectivity index (χ0n) is 29.1. The van der Waals surface area contributed by atoms with Gasteiger partial charge in [-0.15, -0.1) is 11.3 Å². The zero-order chi connectivity index (χ0) is 34.6. The van der Waals surface area contributed by atoms with E-state index in [4.69, 9.17) is 0 Å². The Labute approximate surface area is 307 Å². The molecule has 0 unspecified atom stereocenters. The summed E-state index contributed by atoms with van der Waals surface area (Å²) in [5.41, 5.74) is 13.1. The van der Waals surface area contributed by atoms with Crippen LogP contribution in [-0.2, 0) is 5.41 Å². The van der Waals surface area contributed by atoms with Crippen LogP contribution in [0.4, 0.5) is 0 Å². The summed E-state index contributed by atoms with van der Waals surface area (Å²) in [6.07, 6.45) is 0. The second kappa shape index (κ2) is 11.0. The summed E-state index contributed by atoms with van der Waals surface area (Å²) in [5, 5.41) is 10.3. The van der Waals surface area contributed by atoms with Crippen molar-refractivity contribution in [3.05, 3.63) is 181 Å². The van der Waals surface area contributed by atoms with E-state index in [0.717, 1.165) is 0 Å². The van der Waals surface area contributed by atoms with Crippen LogP contribution >= 0.6 is 11.3 Å². The van der Waals surface area contributed by atoms with E-state index in [-0.39, 0.29) is 5.41 Å². The predicted molar refractivity (Wildman–Crippen MR) is 226 cm³/mol. The number of hydrogen-bond donors (Lipinski definition) is 0. The van der Waals surface area contributed by atoms with Gasteiger partial charge < -0.3 is 0 Å². The molecule has 11 rings (SSSR count). The summed E-state index contributed by atoms with van der Waals surface area (Å²) in [5.74, 6) is 0. The standard InChI is InChI=1S/C51H34S/c1-51(2)45-20-9-7-14-36(45)43-30-35(25-27-46(43)51)48-38-16-5-6-17-39(38)49(42-19-11-18-41-37-15-8-10-21-47(37)52-50(41)42)40-26-24-34(29-44(40)48)33-23-22-31-12-3-4-13-32(31)28-33/h3-30H,1-2H3. The molecule has 0 spiro atoms. The second-order valence-electron chi connectivity index (χ2n) is 14.8. The van der Waals surface area contributed by atoms with Crippen molar-refractivity contribution in [2.45, 2.75) is 19.3 Å². The van der Waals surface area contributed by atoms with Crippen LogP contribution in [0.5, 0.6) is 0 Å². The minimum Gasteiger partial charge on any atom is -0.135 e. The third-order valence-corrected chi connectivity index (χ3v) is 12.9. The first-order valence-electron chi connectivity index (χ1n) is 18.2. The lowest BCUT2D eigenvalue weighted by atomic mass is 9.81. The lowest BCUT2D eigenvalue weighted by Gasteiger charge is -2.22. The molecular formula is C51H34S. The maximum Gasteiger partial charge on any atom is 0.0434 e. The first kappa shape index (κ1) is 29.7. The van der Waals surface area contributed by atoms with Crippen LogP contribution in [0.1, 0.15) is 25.0 Å². The van der Waals surface area contributed by atoms with Crippen LogP contribution in [0, 0.1) is 0 Å². The van der Waals surface area contributed by atoms with Crippen molar-refractivity contribution in [1.82, 2.24) is 0 Å². The Morgan fingerprint density at radius 1 is 0.365 bits per heavy atom. The van der Waals surface area contributed by atoms with Crippen LogP contribution < -0.4 is 0 Å². The first-order chi connectivity index (χ1) is 25.5. The van der Waals surface area contributed by atoms with Gasteiger partial charge in [-0.05, 0) is 107 Å². The van der Waals surface area contributed by atoms with Gasteiger partial charge in [0.05, 0.1) is 0 Å². The van der Waals surface area contributed by atoms with Gasteiger partial charge in [-0.25, -0.2) is 0 Å². The molecule has 244 valence electrons. The Balaban J connectivity index is 1.25. The molecule has 0 saturated carbocycles. The molecule has 0 atom stereocenters. The number of thiophene rings is 1. The van der Waals surface area contributed by atoms with Crippen LogP contribution in [0.2, 0.25) is 0 Å². The van der Waals surface area contributed by atoms with Gasteiger partial charge >= 0.3 is 0 Å². The van der Waals surface area contributed by atoms with Crippen molar-refractivity contribution in [1.29, 1.82) is 0 Å². The average molecular weight is 679 g/mol. The van der Waals surface area contributed by atoms with E-state index in [0.29, 0.717) is 0 Å². The quantitative estimate of drug-likeness (QED) is 0.163. The number of hydrogen-bond acceptors (Lipinski definition) is 1. The van der Waals surface area contributed by atoms with E-state index in [9.17, 15) is 0 Å². The molecular weight excluding hydrogens is 645 g/mol. The van der Waals surface area contributed by atoms with Gasteiger partial charge in [-0.1, -0.05) is 159 Å². The fraction of sp³-hybridized carbons (Fsp3) is 0.0588. The molecule has 0 fully saturated rings. The molecule has 1 heteroatoms. The fourth-order valence-electron chi connectivity index (χ4n) is 9.15. The Kier molecular flexibility index (Phi) is 6.27. The number of rotatable bonds is 3. The van der Waals surface area contributed by atoms with Crippen molar-refractivity contribution in [2.24, 2.45) is 0 Å². The van der Waals surface area contributed by atoms with Crippen LogP contribution in [0.3, 0.4) is 0 Å². The van der Waals surface area contributed by atoms with Crippen LogP contribution in [-0.4, -0.2) is 0 Å². The van der Waals surface area contributed by atoms with E-state index < -0.39 is 0 Å². The lowest BCUT2D eigenvalue weighted by molar-refractivity contribution is 0.660. The van der Waals surface area contributed by atoms with Crippen LogP contribution in [0.15, 0.2) is 170 Å². The number of benzene rings is 9. The molecule has 1 heterocycles. The highest BCUT2D eigenvalue weighted by Crippen LogP contribution is 2.52. The highest BCUT2D eigenvalue weighted by molar-refractivity contribution is 7.26. The van der Waals surface area contributed by atoms with E-state index in [1.807, 2.05) is 11.3 Å². The molecule has 10 aromatic rings. The Morgan fingerprint density at radius 2 is 0.981 bits per heavy atom. The van der Waals surface area contributed by atoms with Crippen molar-refractivity contribution < 1.29 is 0 Å². The predicted octanol–water partition coefficient (Wildman–Crippen LogP) is 14.8. The van der Waals surface area contributed by atoms with Crippen molar-refractivity contribution >= 4 is 63.8 Å². The maximum absolute atomic E-state index is 2.47. The summed E-state index contributed by atoms with van der Waals surface area (Å²) < 4.78 is 2.67. The molecule has 1 aliphatic carbocycles. The fourth-order valence-corrected chi connectivity index (χ4v) is 10.4. The molecule has 0 nitrogen and oxygen atoms in total. The zero-order valence-corrected chi connectivity index (χ0v) is 29.9. The first-order valence-corrected chi connectivity index (χ1v) is 19.0. The van der Waals surface area contributed by atoms with E-state index >= 15 is 0 Å². The summed E-state index contributed by atoms with van der Waals surface area (Å²) in [6, 6.07) is 63.7. The Morgan fingerprint density at radius 3 is 1.87 bits per heavy atom. The summed E-state index contributed by atoms with van der Waals surface area (Å²) in [4.78, 5) is 0. The molecule has 0 amide bonds. The minimum atomic E-state index is -0.0371. The van der Waals surface area contributed by atoms with Crippen molar-refractivity contribution in [3.63, 3.8) is 0 Å². The Bertz CT molecular complexity index is 3100. The molecule has 0 aliphatic heterocycles. The molecule has 9 aromatic carbocycles. The molecule has 0 saturated heterocycles. The lowest BCUT2D eigenvalue weighted by Crippen LogP contribution is -2.14. The Hall–Kier alpha value is -6.02. The average Bonchev–Trinajstić information content (AvgIpc) is 3.68. The van der Waals surface area contributed by atoms with E-state index in [1.165, 1.54) is 108 Å². The monoisotopic (exact) mass is 678 g/mol. The minimum absolute atomic E-state index is 0.0371. The smallest absolute Gasteiger partial charge is 0.0434 e. The van der Waals surface area contributed by atoms with Gasteiger partial charge in [0, 0.05) is 31.2 Å². The SMILES string of the molecule is CC1(C)c2ccccc2-c2cc(-c3c4ccccc4c(-c4cccc5c4sc4ccccc45)c4ccc(-c5ccc6ccccc6c5)cc34)ccc21.